The Morgan fingerprint density at radius 1 is 1.27 bits per heavy atom. The zero-order valence-corrected chi connectivity index (χ0v) is 18.6. The first kappa shape index (κ1) is 22.7. The van der Waals surface area contributed by atoms with E-state index in [1.54, 1.807) is 11.3 Å². The summed E-state index contributed by atoms with van der Waals surface area (Å²) in [6, 6.07) is 9.70. The van der Waals surface area contributed by atoms with Gasteiger partial charge in [-0.2, -0.15) is 0 Å². The van der Waals surface area contributed by atoms with Crippen LogP contribution in [0, 0.1) is 0 Å². The molecule has 1 atom stereocenters. The third kappa shape index (κ3) is 7.46. The van der Waals surface area contributed by atoms with Crippen LogP contribution in [0.15, 0.2) is 40.7 Å². The van der Waals surface area contributed by atoms with Crippen LogP contribution in [-0.4, -0.2) is 43.2 Å². The van der Waals surface area contributed by atoms with Crippen molar-refractivity contribution in [2.24, 2.45) is 4.99 Å². The van der Waals surface area contributed by atoms with Crippen LogP contribution in [0.2, 0.25) is 0 Å². The molecule has 1 aromatic carbocycles. The average Bonchev–Trinajstić information content (AvgIpc) is 3.09. The molecule has 6 nitrogen and oxygen atoms in total. The van der Waals surface area contributed by atoms with E-state index in [0.717, 1.165) is 28.9 Å². The predicted molar refractivity (Wildman–Crippen MR) is 121 cm³/mol. The molecule has 3 N–H and O–H groups in total. The minimum atomic E-state index is -0.474. The average molecular weight is 489 g/mol. The molecule has 2 aromatic rings. The van der Waals surface area contributed by atoms with Crippen molar-refractivity contribution in [3.05, 3.63) is 47.0 Å². The first-order chi connectivity index (χ1) is 12.1. The summed E-state index contributed by atoms with van der Waals surface area (Å²) in [7, 11) is 3.96. The van der Waals surface area contributed by atoms with Crippen LogP contribution in [0.5, 0.6) is 0 Å². The molecule has 0 saturated carbocycles. The summed E-state index contributed by atoms with van der Waals surface area (Å²) in [5.74, 6) is 0.738. The second-order valence-electron chi connectivity index (χ2n) is 5.85. The fourth-order valence-electron chi connectivity index (χ4n) is 2.25. The van der Waals surface area contributed by atoms with Crippen molar-refractivity contribution in [3.8, 4) is 0 Å². The molecule has 0 radical (unpaired) electrons. The van der Waals surface area contributed by atoms with E-state index >= 15 is 0 Å². The minimum absolute atomic E-state index is 0. The molecule has 1 aromatic heterocycles. The van der Waals surface area contributed by atoms with E-state index < -0.39 is 6.10 Å². The molecule has 1 heterocycles. The van der Waals surface area contributed by atoms with Crippen molar-refractivity contribution in [1.29, 1.82) is 0 Å². The number of nitrogens with zero attached hydrogens (tertiary/aromatic N) is 3. The first-order valence-corrected chi connectivity index (χ1v) is 9.35. The lowest BCUT2D eigenvalue weighted by atomic mass is 10.1. The number of aliphatic imine (C=N–C) groups is 1. The van der Waals surface area contributed by atoms with Gasteiger partial charge in [0, 0.05) is 32.6 Å². The molecule has 0 fully saturated rings. The lowest BCUT2D eigenvalue weighted by Gasteiger charge is -2.14. The molecule has 0 spiro atoms. The minimum Gasteiger partial charge on any atom is -0.388 e. The first-order valence-electron chi connectivity index (χ1n) is 8.47. The third-order valence-corrected chi connectivity index (χ3v) is 4.62. The molecule has 0 aliphatic rings. The molecule has 0 bridgehead atoms. The fourth-order valence-corrected chi connectivity index (χ4v) is 2.99. The van der Waals surface area contributed by atoms with E-state index in [0.29, 0.717) is 19.5 Å². The third-order valence-electron chi connectivity index (χ3n) is 3.56. The number of nitrogens with one attached hydrogen (secondary N) is 2. The standard InChI is InChI=1S/C18H27N5OS.HI/c1-4-19-17(21-12-15-13-25-18(22-15)23(2)3)20-11-10-16(24)14-8-6-5-7-9-14;/h5-9,13,16,24H,4,10-12H2,1-3H3,(H2,19,20,21);1H. The summed E-state index contributed by atoms with van der Waals surface area (Å²) >= 11 is 1.61. The van der Waals surface area contributed by atoms with Crippen molar-refractivity contribution in [3.63, 3.8) is 0 Å². The van der Waals surface area contributed by atoms with Gasteiger partial charge in [-0.15, -0.1) is 35.3 Å². The van der Waals surface area contributed by atoms with E-state index in [2.05, 4.69) is 20.6 Å². The Kier molecular flexibility index (Phi) is 10.5. The lowest BCUT2D eigenvalue weighted by molar-refractivity contribution is 0.168. The number of hydrogen-bond donors (Lipinski definition) is 3. The molecule has 0 aliphatic carbocycles. The zero-order valence-electron chi connectivity index (χ0n) is 15.5. The Balaban J connectivity index is 0.00000338. The topological polar surface area (TPSA) is 72.8 Å². The van der Waals surface area contributed by atoms with Gasteiger partial charge in [-0.25, -0.2) is 9.98 Å². The highest BCUT2D eigenvalue weighted by Crippen LogP contribution is 2.18. The van der Waals surface area contributed by atoms with Crippen LogP contribution in [0.25, 0.3) is 0 Å². The Morgan fingerprint density at radius 3 is 2.62 bits per heavy atom. The van der Waals surface area contributed by atoms with Gasteiger partial charge in [0.05, 0.1) is 18.3 Å². The predicted octanol–water partition coefficient (Wildman–Crippen LogP) is 3.01. The van der Waals surface area contributed by atoms with E-state index in [9.17, 15) is 5.11 Å². The van der Waals surface area contributed by atoms with Crippen molar-refractivity contribution >= 4 is 46.4 Å². The molecule has 0 aliphatic heterocycles. The molecule has 0 amide bonds. The molecule has 1 unspecified atom stereocenters. The maximum Gasteiger partial charge on any atom is 0.191 e. The molecular weight excluding hydrogens is 461 g/mol. The number of aromatic nitrogens is 1. The maximum absolute atomic E-state index is 10.2. The number of rotatable bonds is 8. The number of thiazole rings is 1. The van der Waals surface area contributed by atoms with Crippen LogP contribution in [0.4, 0.5) is 5.13 Å². The smallest absolute Gasteiger partial charge is 0.191 e. The van der Waals surface area contributed by atoms with Gasteiger partial charge in [0.1, 0.15) is 0 Å². The van der Waals surface area contributed by atoms with Crippen molar-refractivity contribution in [2.75, 3.05) is 32.1 Å². The summed E-state index contributed by atoms with van der Waals surface area (Å²) in [6.07, 6.45) is 0.147. The number of anilines is 1. The van der Waals surface area contributed by atoms with Gasteiger partial charge in [0.2, 0.25) is 0 Å². The van der Waals surface area contributed by atoms with Crippen molar-refractivity contribution in [1.82, 2.24) is 15.6 Å². The Bertz CT molecular complexity index is 663. The van der Waals surface area contributed by atoms with E-state index in [1.807, 2.05) is 61.6 Å². The largest absolute Gasteiger partial charge is 0.388 e. The van der Waals surface area contributed by atoms with Crippen LogP contribution in [-0.2, 0) is 6.54 Å². The number of aliphatic hydroxyl groups excluding tert-OH is 1. The number of aliphatic hydroxyl groups is 1. The molecule has 2 rings (SSSR count). The van der Waals surface area contributed by atoms with Gasteiger partial charge in [0.25, 0.3) is 0 Å². The van der Waals surface area contributed by atoms with Crippen LogP contribution in [0.1, 0.15) is 30.7 Å². The Labute approximate surface area is 176 Å². The molecule has 144 valence electrons. The van der Waals surface area contributed by atoms with E-state index in [1.165, 1.54) is 0 Å². The van der Waals surface area contributed by atoms with Gasteiger partial charge in [0.15, 0.2) is 11.1 Å². The van der Waals surface area contributed by atoms with E-state index in [4.69, 9.17) is 0 Å². The van der Waals surface area contributed by atoms with Gasteiger partial charge in [-0.3, -0.25) is 0 Å². The fraction of sp³-hybridized carbons (Fsp3) is 0.444. The molecular formula is C18H28IN5OS. The highest BCUT2D eigenvalue weighted by atomic mass is 127. The van der Waals surface area contributed by atoms with Gasteiger partial charge < -0.3 is 20.6 Å². The maximum atomic E-state index is 10.2. The summed E-state index contributed by atoms with van der Waals surface area (Å²) in [6.45, 7) is 3.99. The van der Waals surface area contributed by atoms with Crippen LogP contribution in [0.3, 0.4) is 0 Å². The summed E-state index contributed by atoms with van der Waals surface area (Å²) < 4.78 is 0. The van der Waals surface area contributed by atoms with E-state index in [-0.39, 0.29) is 24.0 Å². The zero-order chi connectivity index (χ0) is 18.1. The normalized spacial score (nSPS) is 12.2. The highest BCUT2D eigenvalue weighted by molar-refractivity contribution is 14.0. The second-order valence-corrected chi connectivity index (χ2v) is 6.69. The molecule has 0 saturated heterocycles. The summed E-state index contributed by atoms with van der Waals surface area (Å²) in [5, 5.41) is 19.7. The van der Waals surface area contributed by atoms with Crippen LogP contribution < -0.4 is 15.5 Å². The van der Waals surface area contributed by atoms with Gasteiger partial charge >= 0.3 is 0 Å². The molecule has 26 heavy (non-hydrogen) atoms. The van der Waals surface area contributed by atoms with Crippen LogP contribution >= 0.6 is 35.3 Å². The monoisotopic (exact) mass is 489 g/mol. The molecule has 8 heteroatoms. The van der Waals surface area contributed by atoms with Gasteiger partial charge in [-0.1, -0.05) is 30.3 Å². The highest BCUT2D eigenvalue weighted by Gasteiger charge is 2.07. The summed E-state index contributed by atoms with van der Waals surface area (Å²) in [4.78, 5) is 11.1. The number of halogens is 1. The Hall–Kier alpha value is -1.39. The number of benzene rings is 1. The number of hydrogen-bond acceptors (Lipinski definition) is 5. The number of guanidine groups is 1. The van der Waals surface area contributed by atoms with Crippen molar-refractivity contribution in [2.45, 2.75) is 26.0 Å². The quantitative estimate of drug-likeness (QED) is 0.302. The second kappa shape index (κ2) is 12.1. The lowest BCUT2D eigenvalue weighted by Crippen LogP contribution is -2.38. The SMILES string of the molecule is CCNC(=NCc1csc(N(C)C)n1)NCCC(O)c1ccccc1.I. The summed E-state index contributed by atoms with van der Waals surface area (Å²) in [5.41, 5.74) is 1.89. The Morgan fingerprint density at radius 2 is 2.00 bits per heavy atom. The van der Waals surface area contributed by atoms with Crippen molar-refractivity contribution < 1.29 is 5.11 Å². The van der Waals surface area contributed by atoms with Gasteiger partial charge in [-0.05, 0) is 18.9 Å².